The lowest BCUT2D eigenvalue weighted by molar-refractivity contribution is 0.193. The highest BCUT2D eigenvalue weighted by Gasteiger charge is 2.36. The number of nitrogens with one attached hydrogen (secondary N) is 1. The molecule has 3 rings (SSSR count). The van der Waals surface area contributed by atoms with Crippen LogP contribution in [-0.2, 0) is 0 Å². The summed E-state index contributed by atoms with van der Waals surface area (Å²) in [6, 6.07) is 7.53. The van der Waals surface area contributed by atoms with Gasteiger partial charge in [-0.1, -0.05) is 17.7 Å². The summed E-state index contributed by atoms with van der Waals surface area (Å²) in [5.74, 6) is 0.693. The Morgan fingerprint density at radius 3 is 3.00 bits per heavy atom. The van der Waals surface area contributed by atoms with Crippen LogP contribution in [0.25, 0.3) is 0 Å². The van der Waals surface area contributed by atoms with Crippen LogP contribution in [0.4, 0.5) is 5.69 Å². The van der Waals surface area contributed by atoms with Crippen LogP contribution in [0.1, 0.15) is 29.9 Å². The number of likely N-dealkylation sites (tertiary alicyclic amines) is 1. The van der Waals surface area contributed by atoms with Crippen molar-refractivity contribution >= 4 is 5.69 Å². The number of hydrogen-bond donors (Lipinski definition) is 1. The molecule has 0 amide bonds. The summed E-state index contributed by atoms with van der Waals surface area (Å²) in [5, 5.41) is 3.72. The summed E-state index contributed by atoms with van der Waals surface area (Å²) in [4.78, 5) is 4.94. The molecule has 1 saturated heterocycles. The Morgan fingerprint density at radius 2 is 2.20 bits per heavy atom. The maximum Gasteiger partial charge on any atom is 0.0379 e. The van der Waals surface area contributed by atoms with Crippen molar-refractivity contribution in [1.82, 2.24) is 9.80 Å². The summed E-state index contributed by atoms with van der Waals surface area (Å²) in [6.07, 6.45) is 2.55. The number of piperidine rings is 1. The molecular formula is C17H27N3. The predicted octanol–water partition coefficient (Wildman–Crippen LogP) is 2.53. The lowest BCUT2D eigenvalue weighted by atomic mass is 9.88. The molecule has 0 unspecified atom stereocenters. The molecule has 2 aliphatic rings. The van der Waals surface area contributed by atoms with Gasteiger partial charge in [0.1, 0.15) is 0 Å². The third-order valence-corrected chi connectivity index (χ3v) is 4.72. The smallest absolute Gasteiger partial charge is 0.0379 e. The largest absolute Gasteiger partial charge is 0.381 e. The lowest BCUT2D eigenvalue weighted by Gasteiger charge is -2.35. The minimum Gasteiger partial charge on any atom is -0.381 e. The SMILES string of the molecule is Cc1ccc2c(c1)[C@H]1CN(CCCN(C)C)CC[C@H]1N2. The van der Waals surface area contributed by atoms with Gasteiger partial charge in [-0.2, -0.15) is 0 Å². The van der Waals surface area contributed by atoms with Crippen LogP contribution >= 0.6 is 0 Å². The second kappa shape index (κ2) is 5.74. The average Bonchev–Trinajstić information content (AvgIpc) is 2.76. The molecule has 0 bridgehead atoms. The second-order valence-electron chi connectivity index (χ2n) is 6.69. The minimum atomic E-state index is 0.664. The van der Waals surface area contributed by atoms with Crippen molar-refractivity contribution in [1.29, 1.82) is 0 Å². The number of rotatable bonds is 4. The Balaban J connectivity index is 1.64. The van der Waals surface area contributed by atoms with Crippen LogP contribution in [-0.4, -0.2) is 56.1 Å². The van der Waals surface area contributed by atoms with Gasteiger partial charge in [0, 0.05) is 30.7 Å². The maximum atomic E-state index is 3.72. The summed E-state index contributed by atoms with van der Waals surface area (Å²) in [6.45, 7) is 7.10. The van der Waals surface area contributed by atoms with Crippen LogP contribution < -0.4 is 5.32 Å². The van der Waals surface area contributed by atoms with Crippen LogP contribution in [0.2, 0.25) is 0 Å². The van der Waals surface area contributed by atoms with E-state index in [1.165, 1.54) is 50.3 Å². The van der Waals surface area contributed by atoms with Gasteiger partial charge in [-0.3, -0.25) is 0 Å². The van der Waals surface area contributed by atoms with Crippen molar-refractivity contribution in [2.24, 2.45) is 0 Å². The van der Waals surface area contributed by atoms with Crippen molar-refractivity contribution in [3.8, 4) is 0 Å². The summed E-state index contributed by atoms with van der Waals surface area (Å²) in [5.41, 5.74) is 4.31. The van der Waals surface area contributed by atoms with E-state index in [0.29, 0.717) is 12.0 Å². The van der Waals surface area contributed by atoms with Crippen molar-refractivity contribution in [3.63, 3.8) is 0 Å². The van der Waals surface area contributed by atoms with Gasteiger partial charge in [0.15, 0.2) is 0 Å². The molecule has 0 radical (unpaired) electrons. The minimum absolute atomic E-state index is 0.664. The molecule has 1 aromatic carbocycles. The molecule has 2 atom stereocenters. The first kappa shape index (κ1) is 13.9. The number of benzene rings is 1. The van der Waals surface area contributed by atoms with E-state index in [1.54, 1.807) is 5.56 Å². The molecule has 0 aliphatic carbocycles. The Bertz CT molecular complexity index is 469. The zero-order valence-corrected chi connectivity index (χ0v) is 13.0. The van der Waals surface area contributed by atoms with E-state index in [-0.39, 0.29) is 0 Å². The fourth-order valence-corrected chi connectivity index (χ4v) is 3.64. The van der Waals surface area contributed by atoms with Crippen molar-refractivity contribution in [3.05, 3.63) is 29.3 Å². The van der Waals surface area contributed by atoms with Crippen LogP contribution in [0.3, 0.4) is 0 Å². The molecular weight excluding hydrogens is 246 g/mol. The number of aryl methyl sites for hydroxylation is 1. The van der Waals surface area contributed by atoms with Crippen molar-refractivity contribution in [2.45, 2.75) is 31.7 Å². The predicted molar refractivity (Wildman–Crippen MR) is 85.6 cm³/mol. The topological polar surface area (TPSA) is 18.5 Å². The summed E-state index contributed by atoms with van der Waals surface area (Å²) >= 11 is 0. The molecule has 0 saturated carbocycles. The maximum absolute atomic E-state index is 3.72. The highest BCUT2D eigenvalue weighted by molar-refractivity contribution is 5.60. The van der Waals surface area contributed by atoms with Gasteiger partial charge in [-0.05, 0) is 58.6 Å². The quantitative estimate of drug-likeness (QED) is 0.909. The van der Waals surface area contributed by atoms with Crippen LogP contribution in [0, 0.1) is 6.92 Å². The molecule has 2 heterocycles. The molecule has 1 N–H and O–H groups in total. The zero-order chi connectivity index (χ0) is 14.1. The first-order chi connectivity index (χ1) is 9.63. The molecule has 3 nitrogen and oxygen atoms in total. The molecule has 3 heteroatoms. The average molecular weight is 273 g/mol. The first-order valence-electron chi connectivity index (χ1n) is 7.87. The summed E-state index contributed by atoms with van der Waals surface area (Å²) < 4.78 is 0. The number of fused-ring (bicyclic) bond motifs is 3. The Morgan fingerprint density at radius 1 is 1.35 bits per heavy atom. The number of anilines is 1. The van der Waals surface area contributed by atoms with E-state index in [2.05, 4.69) is 54.3 Å². The fourth-order valence-electron chi connectivity index (χ4n) is 3.64. The lowest BCUT2D eigenvalue weighted by Crippen LogP contribution is -2.42. The fraction of sp³-hybridized carbons (Fsp3) is 0.647. The van der Waals surface area contributed by atoms with E-state index in [4.69, 9.17) is 0 Å². The van der Waals surface area contributed by atoms with E-state index in [0.717, 1.165) is 0 Å². The molecule has 20 heavy (non-hydrogen) atoms. The van der Waals surface area contributed by atoms with Gasteiger partial charge >= 0.3 is 0 Å². The number of nitrogens with zero attached hydrogens (tertiary/aromatic N) is 2. The van der Waals surface area contributed by atoms with E-state index in [9.17, 15) is 0 Å². The van der Waals surface area contributed by atoms with Gasteiger partial charge in [0.05, 0.1) is 0 Å². The van der Waals surface area contributed by atoms with Crippen LogP contribution in [0.15, 0.2) is 18.2 Å². The Hall–Kier alpha value is -1.06. The van der Waals surface area contributed by atoms with Crippen molar-refractivity contribution in [2.75, 3.05) is 45.6 Å². The third-order valence-electron chi connectivity index (χ3n) is 4.72. The molecule has 1 aromatic rings. The van der Waals surface area contributed by atoms with Gasteiger partial charge in [-0.25, -0.2) is 0 Å². The van der Waals surface area contributed by atoms with Crippen molar-refractivity contribution < 1.29 is 0 Å². The number of hydrogen-bond acceptors (Lipinski definition) is 3. The van der Waals surface area contributed by atoms with E-state index in [1.807, 2.05) is 0 Å². The van der Waals surface area contributed by atoms with Gasteiger partial charge in [0.2, 0.25) is 0 Å². The second-order valence-corrected chi connectivity index (χ2v) is 6.69. The highest BCUT2D eigenvalue weighted by atomic mass is 15.2. The highest BCUT2D eigenvalue weighted by Crippen LogP contribution is 2.40. The van der Waals surface area contributed by atoms with Gasteiger partial charge in [0.25, 0.3) is 0 Å². The van der Waals surface area contributed by atoms with E-state index < -0.39 is 0 Å². The third kappa shape index (κ3) is 2.84. The molecule has 1 fully saturated rings. The molecule has 0 aromatic heterocycles. The Labute approximate surface area is 123 Å². The van der Waals surface area contributed by atoms with Gasteiger partial charge < -0.3 is 15.1 Å². The van der Waals surface area contributed by atoms with Gasteiger partial charge in [-0.15, -0.1) is 0 Å². The monoisotopic (exact) mass is 273 g/mol. The molecule has 110 valence electrons. The normalized spacial score (nSPS) is 25.4. The van der Waals surface area contributed by atoms with E-state index >= 15 is 0 Å². The molecule has 2 aliphatic heterocycles. The Kier molecular flexibility index (Phi) is 3.99. The molecule has 0 spiro atoms. The standard InChI is InChI=1S/C17H27N3/c1-13-5-6-16-14(11-13)15-12-20(9-4-8-19(2)3)10-7-17(15)18-16/h5-6,11,15,17-18H,4,7-10,12H2,1-3H3/t15-,17-/m1/s1. The van der Waals surface area contributed by atoms with Crippen LogP contribution in [0.5, 0.6) is 0 Å². The summed E-state index contributed by atoms with van der Waals surface area (Å²) in [7, 11) is 4.32. The zero-order valence-electron chi connectivity index (χ0n) is 13.0. The first-order valence-corrected chi connectivity index (χ1v) is 7.87.